The van der Waals surface area contributed by atoms with Crippen molar-refractivity contribution in [3.05, 3.63) is 48.5 Å². The minimum Gasteiger partial charge on any atom is -0.438 e. The molecule has 4 aromatic rings. The number of hydrogen-bond acceptors (Lipinski definition) is 2. The molecule has 84 valence electrons. The van der Waals surface area contributed by atoms with E-state index >= 15 is 0 Å². The van der Waals surface area contributed by atoms with Crippen molar-refractivity contribution in [2.45, 2.75) is 0 Å². The van der Waals surface area contributed by atoms with Crippen LogP contribution in [0.4, 0.5) is 0 Å². The summed E-state index contributed by atoms with van der Waals surface area (Å²) in [5, 5.41) is 3.38. The normalized spacial score (nSPS) is 11.6. The molecule has 0 aliphatic carbocycles. The Morgan fingerprint density at radius 1 is 0.944 bits per heavy atom. The zero-order valence-electron chi connectivity index (χ0n) is 9.97. The summed E-state index contributed by atoms with van der Waals surface area (Å²) in [6.45, 7) is 0. The third kappa shape index (κ3) is 1.27. The predicted molar refractivity (Wildman–Crippen MR) is 77.2 cm³/mol. The summed E-state index contributed by atoms with van der Waals surface area (Å²) < 4.78 is 5.80. The molecule has 0 amide bonds. The van der Waals surface area contributed by atoms with E-state index in [1.54, 1.807) is 0 Å². The van der Waals surface area contributed by atoms with Gasteiger partial charge in [0.1, 0.15) is 13.4 Å². The molecule has 3 heteroatoms. The number of rotatable bonds is 0. The molecule has 0 fully saturated rings. The Morgan fingerprint density at radius 3 is 2.78 bits per heavy atom. The average molecular weight is 231 g/mol. The Balaban J connectivity index is 2.25. The first-order valence-corrected chi connectivity index (χ1v) is 6.00. The molecule has 0 unspecified atom stereocenters. The highest BCUT2D eigenvalue weighted by molar-refractivity contribution is 6.33. The lowest BCUT2D eigenvalue weighted by atomic mass is 9.94. The van der Waals surface area contributed by atoms with E-state index in [1.807, 2.05) is 24.3 Å². The predicted octanol–water partition coefficient (Wildman–Crippen LogP) is 2.39. The maximum absolute atomic E-state index is 5.80. The second-order valence-electron chi connectivity index (χ2n) is 4.64. The third-order valence-corrected chi connectivity index (χ3v) is 3.32. The summed E-state index contributed by atoms with van der Waals surface area (Å²) in [6, 6.07) is 16.5. The number of fused-ring (bicyclic) bond motifs is 4. The molecule has 2 aromatic carbocycles. The van der Waals surface area contributed by atoms with Crippen molar-refractivity contribution < 1.29 is 4.42 Å². The number of furan rings is 1. The molecule has 0 atom stereocenters. The molecule has 0 saturated heterocycles. The van der Waals surface area contributed by atoms with Crippen LogP contribution < -0.4 is 5.46 Å². The second kappa shape index (κ2) is 3.36. The Kier molecular flexibility index (Phi) is 1.81. The maximum atomic E-state index is 5.80. The van der Waals surface area contributed by atoms with Crippen LogP contribution in [0.5, 0.6) is 0 Å². The zero-order chi connectivity index (χ0) is 12.1. The van der Waals surface area contributed by atoms with Crippen molar-refractivity contribution in [1.82, 2.24) is 4.98 Å². The van der Waals surface area contributed by atoms with E-state index in [0.29, 0.717) is 5.71 Å². The fraction of sp³-hybridized carbons (Fsp3) is 0. The molecule has 0 saturated carbocycles. The summed E-state index contributed by atoms with van der Waals surface area (Å²) >= 11 is 0. The fourth-order valence-electron chi connectivity index (χ4n) is 2.42. The van der Waals surface area contributed by atoms with E-state index in [4.69, 9.17) is 4.42 Å². The monoisotopic (exact) mass is 231 g/mol. The number of para-hydroxylation sites is 1. The highest BCUT2D eigenvalue weighted by atomic mass is 16.3. The van der Waals surface area contributed by atoms with Gasteiger partial charge in [0.05, 0.1) is 5.52 Å². The topological polar surface area (TPSA) is 26.0 Å². The first kappa shape index (κ1) is 9.72. The average Bonchev–Trinajstić information content (AvgIpc) is 2.73. The van der Waals surface area contributed by atoms with Gasteiger partial charge in [-0.1, -0.05) is 35.8 Å². The van der Waals surface area contributed by atoms with E-state index in [9.17, 15) is 0 Å². The molecule has 0 aliphatic rings. The van der Waals surface area contributed by atoms with Gasteiger partial charge >= 0.3 is 0 Å². The minimum absolute atomic E-state index is 0.717. The van der Waals surface area contributed by atoms with Crippen LogP contribution >= 0.6 is 0 Å². The Hall–Kier alpha value is -2.29. The van der Waals surface area contributed by atoms with Gasteiger partial charge in [-0.3, -0.25) is 0 Å². The maximum Gasteiger partial charge on any atom is 0.227 e. The molecule has 0 spiro atoms. The van der Waals surface area contributed by atoms with Gasteiger partial charge in [-0.05, 0) is 18.2 Å². The summed E-state index contributed by atoms with van der Waals surface area (Å²) in [5.74, 6) is 0. The highest BCUT2D eigenvalue weighted by Gasteiger charge is 2.09. The van der Waals surface area contributed by atoms with Gasteiger partial charge in [0.15, 0.2) is 0 Å². The molecule has 18 heavy (non-hydrogen) atoms. The van der Waals surface area contributed by atoms with Crippen LogP contribution in [0.25, 0.3) is 33.0 Å². The summed E-state index contributed by atoms with van der Waals surface area (Å²) in [5.41, 5.74) is 3.83. The number of hydrogen-bond donors (Lipinski definition) is 0. The number of nitrogens with zero attached hydrogens (tertiary/aromatic N) is 1. The molecule has 0 aliphatic heterocycles. The van der Waals surface area contributed by atoms with Crippen molar-refractivity contribution in [2.24, 2.45) is 0 Å². The fourth-order valence-corrected chi connectivity index (χ4v) is 2.42. The van der Waals surface area contributed by atoms with Crippen LogP contribution in [0.2, 0.25) is 0 Å². The van der Waals surface area contributed by atoms with Crippen LogP contribution in [-0.2, 0) is 0 Å². The van der Waals surface area contributed by atoms with E-state index in [1.165, 1.54) is 5.46 Å². The third-order valence-electron chi connectivity index (χ3n) is 3.32. The minimum atomic E-state index is 0.717. The SMILES string of the molecule is Bc1ccc2oc3nc4ccccc4cc3c2c1. The van der Waals surface area contributed by atoms with E-state index in [2.05, 4.69) is 37.1 Å². The molecule has 0 bridgehead atoms. The lowest BCUT2D eigenvalue weighted by Gasteiger charge is -1.96. The van der Waals surface area contributed by atoms with Gasteiger partial charge in [0.2, 0.25) is 5.71 Å². The number of benzene rings is 2. The molecule has 4 rings (SSSR count). The molecule has 2 heterocycles. The Labute approximate surface area is 105 Å². The van der Waals surface area contributed by atoms with Crippen LogP contribution in [0, 0.1) is 0 Å². The first-order valence-electron chi connectivity index (χ1n) is 6.00. The van der Waals surface area contributed by atoms with Gasteiger partial charge in [0, 0.05) is 16.2 Å². The van der Waals surface area contributed by atoms with Crippen molar-refractivity contribution in [3.8, 4) is 0 Å². The highest BCUT2D eigenvalue weighted by Crippen LogP contribution is 2.29. The van der Waals surface area contributed by atoms with E-state index < -0.39 is 0 Å². The van der Waals surface area contributed by atoms with Gasteiger partial charge in [-0.15, -0.1) is 0 Å². The van der Waals surface area contributed by atoms with Crippen LogP contribution in [0.1, 0.15) is 0 Å². The molecular weight excluding hydrogens is 221 g/mol. The summed E-state index contributed by atoms with van der Waals surface area (Å²) in [7, 11) is 2.09. The quantitative estimate of drug-likeness (QED) is 0.434. The molecular formula is C15H10BNO. The van der Waals surface area contributed by atoms with Gasteiger partial charge in [0.25, 0.3) is 0 Å². The standard InChI is InChI=1S/C15H10BNO/c16-10-5-6-14-11(8-10)12-7-9-3-1-2-4-13(9)17-15(12)18-14/h1-8H,16H2. The molecule has 0 radical (unpaired) electrons. The first-order chi connectivity index (χ1) is 8.81. The summed E-state index contributed by atoms with van der Waals surface area (Å²) in [4.78, 5) is 4.58. The van der Waals surface area contributed by atoms with Gasteiger partial charge in [-0.25, -0.2) is 4.98 Å². The lowest BCUT2D eigenvalue weighted by molar-refractivity contribution is 0.656. The van der Waals surface area contributed by atoms with Crippen LogP contribution in [0.3, 0.4) is 0 Å². The van der Waals surface area contributed by atoms with E-state index in [-0.39, 0.29) is 0 Å². The van der Waals surface area contributed by atoms with Crippen molar-refractivity contribution in [3.63, 3.8) is 0 Å². The van der Waals surface area contributed by atoms with E-state index in [0.717, 1.165) is 27.3 Å². The van der Waals surface area contributed by atoms with Crippen molar-refractivity contribution >= 4 is 46.3 Å². The Bertz CT molecular complexity index is 895. The molecule has 2 aromatic heterocycles. The van der Waals surface area contributed by atoms with Crippen LogP contribution in [0.15, 0.2) is 52.9 Å². The number of pyridine rings is 1. The van der Waals surface area contributed by atoms with Gasteiger partial charge < -0.3 is 4.42 Å². The molecule has 0 N–H and O–H groups in total. The lowest BCUT2D eigenvalue weighted by Crippen LogP contribution is -1.98. The zero-order valence-corrected chi connectivity index (χ0v) is 9.97. The van der Waals surface area contributed by atoms with Crippen LogP contribution in [-0.4, -0.2) is 12.8 Å². The van der Waals surface area contributed by atoms with Crippen molar-refractivity contribution in [2.75, 3.05) is 0 Å². The van der Waals surface area contributed by atoms with Gasteiger partial charge in [-0.2, -0.15) is 0 Å². The smallest absolute Gasteiger partial charge is 0.227 e. The summed E-state index contributed by atoms with van der Waals surface area (Å²) in [6.07, 6.45) is 0. The second-order valence-corrected chi connectivity index (χ2v) is 4.64. The number of aromatic nitrogens is 1. The van der Waals surface area contributed by atoms with Crippen molar-refractivity contribution in [1.29, 1.82) is 0 Å². The molecule has 2 nitrogen and oxygen atoms in total. The Morgan fingerprint density at radius 2 is 1.83 bits per heavy atom. The largest absolute Gasteiger partial charge is 0.438 e.